The Hall–Kier alpha value is -1.87. The highest BCUT2D eigenvalue weighted by Gasteiger charge is 2.20. The van der Waals surface area contributed by atoms with E-state index in [1.165, 1.54) is 11.1 Å². The lowest BCUT2D eigenvalue weighted by atomic mass is 9.99. The van der Waals surface area contributed by atoms with Gasteiger partial charge in [0, 0.05) is 24.5 Å². The summed E-state index contributed by atoms with van der Waals surface area (Å²) in [6.45, 7) is 0. The molecule has 0 saturated heterocycles. The SMILES string of the molecule is OC1Cc2c(cccc2-c2ccncc2)N1. The molecule has 0 fully saturated rings. The number of pyridine rings is 1. The van der Waals surface area contributed by atoms with Crippen molar-refractivity contribution in [1.29, 1.82) is 0 Å². The lowest BCUT2D eigenvalue weighted by Gasteiger charge is -2.06. The average molecular weight is 212 g/mol. The van der Waals surface area contributed by atoms with Crippen molar-refractivity contribution in [3.63, 3.8) is 0 Å². The molecule has 3 rings (SSSR count). The number of fused-ring (bicyclic) bond motifs is 1. The maximum atomic E-state index is 9.60. The fourth-order valence-corrected chi connectivity index (χ4v) is 2.17. The molecule has 2 N–H and O–H groups in total. The van der Waals surface area contributed by atoms with Crippen LogP contribution in [0.1, 0.15) is 5.56 Å². The molecule has 1 aliphatic heterocycles. The van der Waals surface area contributed by atoms with Gasteiger partial charge in [0.15, 0.2) is 0 Å². The fraction of sp³-hybridized carbons (Fsp3) is 0.154. The molecule has 1 aromatic heterocycles. The summed E-state index contributed by atoms with van der Waals surface area (Å²) in [6, 6.07) is 10.0. The smallest absolute Gasteiger partial charge is 0.128 e. The first-order valence-corrected chi connectivity index (χ1v) is 5.31. The molecule has 1 unspecified atom stereocenters. The van der Waals surface area contributed by atoms with Crippen LogP contribution in [0.25, 0.3) is 11.1 Å². The number of benzene rings is 1. The summed E-state index contributed by atoms with van der Waals surface area (Å²) >= 11 is 0. The molecule has 0 aliphatic carbocycles. The van der Waals surface area contributed by atoms with Gasteiger partial charge in [-0.25, -0.2) is 0 Å². The molecule has 0 radical (unpaired) electrons. The van der Waals surface area contributed by atoms with Gasteiger partial charge < -0.3 is 10.4 Å². The molecule has 3 nitrogen and oxygen atoms in total. The van der Waals surface area contributed by atoms with Gasteiger partial charge in [-0.15, -0.1) is 0 Å². The second-order valence-corrected chi connectivity index (χ2v) is 3.93. The molecular weight excluding hydrogens is 200 g/mol. The largest absolute Gasteiger partial charge is 0.373 e. The highest BCUT2D eigenvalue weighted by Crippen LogP contribution is 2.33. The molecule has 2 aromatic rings. The number of rotatable bonds is 1. The first-order chi connectivity index (χ1) is 7.84. The minimum Gasteiger partial charge on any atom is -0.373 e. The maximum Gasteiger partial charge on any atom is 0.128 e. The zero-order valence-electron chi connectivity index (χ0n) is 8.72. The van der Waals surface area contributed by atoms with Gasteiger partial charge in [-0.3, -0.25) is 4.98 Å². The Morgan fingerprint density at radius 2 is 2.00 bits per heavy atom. The normalized spacial score (nSPS) is 17.9. The Labute approximate surface area is 93.8 Å². The molecule has 0 amide bonds. The molecule has 1 aliphatic rings. The van der Waals surface area contributed by atoms with Crippen LogP contribution in [0.4, 0.5) is 5.69 Å². The van der Waals surface area contributed by atoms with Gasteiger partial charge in [-0.2, -0.15) is 0 Å². The lowest BCUT2D eigenvalue weighted by molar-refractivity contribution is 0.212. The van der Waals surface area contributed by atoms with Gasteiger partial charge in [-0.05, 0) is 34.9 Å². The maximum absolute atomic E-state index is 9.60. The fourth-order valence-electron chi connectivity index (χ4n) is 2.17. The van der Waals surface area contributed by atoms with Crippen molar-refractivity contribution in [2.75, 3.05) is 5.32 Å². The Kier molecular flexibility index (Phi) is 2.11. The molecule has 0 saturated carbocycles. The molecule has 0 bridgehead atoms. The van der Waals surface area contributed by atoms with Crippen LogP contribution < -0.4 is 5.32 Å². The second kappa shape index (κ2) is 3.61. The monoisotopic (exact) mass is 212 g/mol. The first kappa shape index (κ1) is 9.36. The summed E-state index contributed by atoms with van der Waals surface area (Å²) in [6.07, 6.45) is 3.77. The number of aliphatic hydroxyl groups is 1. The molecule has 1 atom stereocenters. The van der Waals surface area contributed by atoms with E-state index in [-0.39, 0.29) is 0 Å². The molecule has 3 heteroatoms. The average Bonchev–Trinajstić information content (AvgIpc) is 2.70. The van der Waals surface area contributed by atoms with Crippen LogP contribution >= 0.6 is 0 Å². The molecule has 2 heterocycles. The van der Waals surface area contributed by atoms with Crippen LogP contribution in [0.2, 0.25) is 0 Å². The van der Waals surface area contributed by atoms with Crippen LogP contribution in [0.5, 0.6) is 0 Å². The molecule has 16 heavy (non-hydrogen) atoms. The number of nitrogens with zero attached hydrogens (tertiary/aromatic N) is 1. The summed E-state index contributed by atoms with van der Waals surface area (Å²) in [5, 5.41) is 12.6. The number of aliphatic hydroxyl groups excluding tert-OH is 1. The lowest BCUT2D eigenvalue weighted by Crippen LogP contribution is -2.12. The quantitative estimate of drug-likeness (QED) is 0.760. The number of hydrogen-bond acceptors (Lipinski definition) is 3. The van der Waals surface area contributed by atoms with E-state index < -0.39 is 6.23 Å². The van der Waals surface area contributed by atoms with Crippen molar-refractivity contribution in [1.82, 2.24) is 4.98 Å². The van der Waals surface area contributed by atoms with Crippen molar-refractivity contribution < 1.29 is 5.11 Å². The van der Waals surface area contributed by atoms with Crippen molar-refractivity contribution in [3.8, 4) is 11.1 Å². The van der Waals surface area contributed by atoms with Gasteiger partial charge >= 0.3 is 0 Å². The summed E-state index contributed by atoms with van der Waals surface area (Å²) in [5.41, 5.74) is 4.52. The van der Waals surface area contributed by atoms with Crippen LogP contribution in [0.3, 0.4) is 0 Å². The van der Waals surface area contributed by atoms with Crippen LogP contribution in [-0.2, 0) is 6.42 Å². The van der Waals surface area contributed by atoms with Gasteiger partial charge in [0.2, 0.25) is 0 Å². The second-order valence-electron chi connectivity index (χ2n) is 3.93. The number of hydrogen-bond donors (Lipinski definition) is 2. The van der Waals surface area contributed by atoms with Gasteiger partial charge in [0.05, 0.1) is 0 Å². The molecule has 0 spiro atoms. The minimum absolute atomic E-state index is 0.460. The Morgan fingerprint density at radius 3 is 2.81 bits per heavy atom. The first-order valence-electron chi connectivity index (χ1n) is 5.31. The predicted molar refractivity (Wildman–Crippen MR) is 63.0 cm³/mol. The van der Waals surface area contributed by atoms with Crippen molar-refractivity contribution >= 4 is 5.69 Å². The highest BCUT2D eigenvalue weighted by molar-refractivity contribution is 5.75. The van der Waals surface area contributed by atoms with E-state index in [0.29, 0.717) is 6.42 Å². The third kappa shape index (κ3) is 1.46. The Morgan fingerprint density at radius 1 is 1.19 bits per heavy atom. The van der Waals surface area contributed by atoms with E-state index in [9.17, 15) is 5.11 Å². The van der Waals surface area contributed by atoms with Crippen molar-refractivity contribution in [2.45, 2.75) is 12.6 Å². The van der Waals surface area contributed by atoms with Gasteiger partial charge in [-0.1, -0.05) is 12.1 Å². The minimum atomic E-state index is -0.460. The van der Waals surface area contributed by atoms with Crippen LogP contribution in [0.15, 0.2) is 42.7 Å². The molecule has 80 valence electrons. The zero-order chi connectivity index (χ0) is 11.0. The Bertz CT molecular complexity index is 511. The van der Waals surface area contributed by atoms with E-state index in [0.717, 1.165) is 11.3 Å². The summed E-state index contributed by atoms with van der Waals surface area (Å²) in [4.78, 5) is 4.01. The van der Waals surface area contributed by atoms with Crippen LogP contribution in [-0.4, -0.2) is 16.3 Å². The highest BCUT2D eigenvalue weighted by atomic mass is 16.3. The standard InChI is InChI=1S/C13H12N2O/c16-13-8-11-10(2-1-3-12(11)15-13)9-4-6-14-7-5-9/h1-7,13,15-16H,8H2. The topological polar surface area (TPSA) is 45.2 Å². The summed E-state index contributed by atoms with van der Waals surface area (Å²) in [7, 11) is 0. The van der Waals surface area contributed by atoms with E-state index in [1.54, 1.807) is 12.4 Å². The van der Waals surface area contributed by atoms with Crippen LogP contribution in [0, 0.1) is 0 Å². The van der Waals surface area contributed by atoms with E-state index in [1.807, 2.05) is 24.3 Å². The predicted octanol–water partition coefficient (Wildman–Crippen LogP) is 2.03. The Balaban J connectivity index is 2.14. The third-order valence-corrected chi connectivity index (χ3v) is 2.89. The van der Waals surface area contributed by atoms with E-state index in [4.69, 9.17) is 0 Å². The van der Waals surface area contributed by atoms with Gasteiger partial charge in [0.25, 0.3) is 0 Å². The van der Waals surface area contributed by atoms with Crippen molar-refractivity contribution in [3.05, 3.63) is 48.3 Å². The van der Waals surface area contributed by atoms with Crippen molar-refractivity contribution in [2.24, 2.45) is 0 Å². The van der Waals surface area contributed by atoms with E-state index in [2.05, 4.69) is 16.4 Å². The number of anilines is 1. The summed E-state index contributed by atoms with van der Waals surface area (Å²) < 4.78 is 0. The number of aromatic nitrogens is 1. The number of nitrogens with one attached hydrogen (secondary N) is 1. The summed E-state index contributed by atoms with van der Waals surface area (Å²) in [5.74, 6) is 0. The van der Waals surface area contributed by atoms with Gasteiger partial charge in [0.1, 0.15) is 6.23 Å². The molecule has 1 aromatic carbocycles. The zero-order valence-corrected chi connectivity index (χ0v) is 8.72. The van der Waals surface area contributed by atoms with E-state index >= 15 is 0 Å². The molecular formula is C13H12N2O. The third-order valence-electron chi connectivity index (χ3n) is 2.89.